The monoisotopic (exact) mass is 346 g/mol. The van der Waals surface area contributed by atoms with Crippen LogP contribution in [0.1, 0.15) is 12.5 Å². The standard InChI is InChI=1S/C17H22N4O4/c1-4-20(13-7-5-6-12(2)10-13)9-8-18-14(22)11-21-16(24)15(23)19(3)17(21)25/h5-7,10H,4,8-9,11H2,1-3H3,(H,18,22). The van der Waals surface area contributed by atoms with Crippen LogP contribution >= 0.6 is 0 Å². The highest BCUT2D eigenvalue weighted by Crippen LogP contribution is 2.15. The Balaban J connectivity index is 1.85. The molecule has 0 radical (unpaired) electrons. The maximum Gasteiger partial charge on any atom is 0.334 e. The van der Waals surface area contributed by atoms with Crippen LogP contribution in [0.25, 0.3) is 0 Å². The van der Waals surface area contributed by atoms with Gasteiger partial charge in [-0.05, 0) is 31.5 Å². The van der Waals surface area contributed by atoms with E-state index in [-0.39, 0.29) is 0 Å². The molecule has 0 atom stereocenters. The number of likely N-dealkylation sites (N-methyl/N-ethyl adjacent to an activating group) is 2. The van der Waals surface area contributed by atoms with Crippen LogP contribution in [-0.2, 0) is 14.4 Å². The third-order valence-electron chi connectivity index (χ3n) is 4.00. The van der Waals surface area contributed by atoms with Gasteiger partial charge in [0.25, 0.3) is 0 Å². The molecule has 1 N–H and O–H groups in total. The van der Waals surface area contributed by atoms with E-state index in [2.05, 4.69) is 16.3 Å². The molecule has 2 rings (SSSR count). The Labute approximate surface area is 146 Å². The maximum atomic E-state index is 12.0. The number of nitrogens with one attached hydrogen (secondary N) is 1. The van der Waals surface area contributed by atoms with Gasteiger partial charge in [-0.15, -0.1) is 0 Å². The number of amides is 5. The number of hydrogen-bond acceptors (Lipinski definition) is 5. The lowest BCUT2D eigenvalue weighted by atomic mass is 10.2. The van der Waals surface area contributed by atoms with E-state index in [0.717, 1.165) is 17.8 Å². The van der Waals surface area contributed by atoms with Gasteiger partial charge in [0, 0.05) is 32.4 Å². The van der Waals surface area contributed by atoms with E-state index in [0.29, 0.717) is 22.9 Å². The molecule has 0 bridgehead atoms. The Morgan fingerprint density at radius 1 is 1.20 bits per heavy atom. The lowest BCUT2D eigenvalue weighted by Gasteiger charge is -2.24. The van der Waals surface area contributed by atoms with E-state index in [9.17, 15) is 19.2 Å². The van der Waals surface area contributed by atoms with Crippen LogP contribution in [0.2, 0.25) is 0 Å². The van der Waals surface area contributed by atoms with Crippen molar-refractivity contribution < 1.29 is 19.2 Å². The summed E-state index contributed by atoms with van der Waals surface area (Å²) >= 11 is 0. The SMILES string of the molecule is CCN(CCNC(=O)CN1C(=O)C(=O)N(C)C1=O)c1cccc(C)c1. The Morgan fingerprint density at radius 3 is 2.48 bits per heavy atom. The van der Waals surface area contributed by atoms with E-state index in [1.165, 1.54) is 7.05 Å². The molecular weight excluding hydrogens is 324 g/mol. The van der Waals surface area contributed by atoms with E-state index >= 15 is 0 Å². The van der Waals surface area contributed by atoms with E-state index in [1.807, 2.05) is 32.0 Å². The molecule has 134 valence electrons. The zero-order chi connectivity index (χ0) is 18.6. The number of rotatable bonds is 7. The summed E-state index contributed by atoms with van der Waals surface area (Å²) in [6.07, 6.45) is 0. The molecule has 8 nitrogen and oxygen atoms in total. The number of benzene rings is 1. The molecule has 1 aliphatic heterocycles. The molecule has 25 heavy (non-hydrogen) atoms. The number of aryl methyl sites for hydroxylation is 1. The van der Waals surface area contributed by atoms with Gasteiger partial charge in [0.1, 0.15) is 6.54 Å². The largest absolute Gasteiger partial charge is 0.370 e. The van der Waals surface area contributed by atoms with Gasteiger partial charge in [-0.1, -0.05) is 12.1 Å². The number of carbonyl (C=O) groups is 4. The van der Waals surface area contributed by atoms with Gasteiger partial charge < -0.3 is 10.2 Å². The fourth-order valence-electron chi connectivity index (χ4n) is 2.58. The fraction of sp³-hybridized carbons (Fsp3) is 0.412. The van der Waals surface area contributed by atoms with Gasteiger partial charge in [-0.2, -0.15) is 0 Å². The summed E-state index contributed by atoms with van der Waals surface area (Å²) in [7, 11) is 1.21. The molecule has 1 heterocycles. The maximum absolute atomic E-state index is 12.0. The molecule has 1 aromatic carbocycles. The van der Waals surface area contributed by atoms with Gasteiger partial charge >= 0.3 is 17.8 Å². The Morgan fingerprint density at radius 2 is 1.92 bits per heavy atom. The van der Waals surface area contributed by atoms with Crippen molar-refractivity contribution in [1.29, 1.82) is 0 Å². The predicted octanol–water partition coefficient (Wildman–Crippen LogP) is 0.358. The van der Waals surface area contributed by atoms with Crippen LogP contribution in [-0.4, -0.2) is 66.8 Å². The Kier molecular flexibility index (Phi) is 5.74. The van der Waals surface area contributed by atoms with Crippen LogP contribution in [0, 0.1) is 6.92 Å². The van der Waals surface area contributed by atoms with Crippen molar-refractivity contribution in [1.82, 2.24) is 15.1 Å². The first-order valence-electron chi connectivity index (χ1n) is 8.07. The molecule has 1 fully saturated rings. The van der Waals surface area contributed by atoms with Crippen molar-refractivity contribution in [2.24, 2.45) is 0 Å². The van der Waals surface area contributed by atoms with E-state index in [1.54, 1.807) is 0 Å². The molecule has 1 aliphatic rings. The van der Waals surface area contributed by atoms with Crippen LogP contribution in [0.4, 0.5) is 10.5 Å². The molecule has 0 unspecified atom stereocenters. The topological polar surface area (TPSA) is 90.0 Å². The number of imide groups is 2. The normalized spacial score (nSPS) is 14.3. The molecule has 0 aromatic heterocycles. The van der Waals surface area contributed by atoms with Crippen LogP contribution < -0.4 is 10.2 Å². The average molecular weight is 346 g/mol. The van der Waals surface area contributed by atoms with Gasteiger partial charge in [-0.25, -0.2) is 9.69 Å². The first-order valence-corrected chi connectivity index (χ1v) is 8.07. The minimum Gasteiger partial charge on any atom is -0.370 e. The molecule has 8 heteroatoms. The number of urea groups is 1. The molecular formula is C17H22N4O4. The average Bonchev–Trinajstić information content (AvgIpc) is 2.76. The predicted molar refractivity (Wildman–Crippen MR) is 92.0 cm³/mol. The van der Waals surface area contributed by atoms with Crippen molar-refractivity contribution in [2.45, 2.75) is 13.8 Å². The number of carbonyl (C=O) groups excluding carboxylic acids is 4. The van der Waals surface area contributed by atoms with Gasteiger partial charge in [0.15, 0.2) is 0 Å². The van der Waals surface area contributed by atoms with E-state index in [4.69, 9.17) is 0 Å². The molecule has 0 spiro atoms. The first-order chi connectivity index (χ1) is 11.8. The molecule has 0 aliphatic carbocycles. The molecule has 5 amide bonds. The molecule has 0 saturated carbocycles. The summed E-state index contributed by atoms with van der Waals surface area (Å²) in [6, 6.07) is 7.28. The van der Waals surface area contributed by atoms with Crippen molar-refractivity contribution in [2.75, 3.05) is 38.1 Å². The number of hydrogen-bond donors (Lipinski definition) is 1. The quantitative estimate of drug-likeness (QED) is 0.569. The first kappa shape index (κ1) is 18.4. The molecule has 1 aromatic rings. The van der Waals surface area contributed by atoms with Crippen molar-refractivity contribution in [3.8, 4) is 0 Å². The van der Waals surface area contributed by atoms with Gasteiger partial charge in [0.05, 0.1) is 0 Å². The fourth-order valence-corrected chi connectivity index (χ4v) is 2.58. The lowest BCUT2D eigenvalue weighted by molar-refractivity contribution is -0.143. The van der Waals surface area contributed by atoms with Crippen LogP contribution in [0.5, 0.6) is 0 Å². The van der Waals surface area contributed by atoms with Crippen molar-refractivity contribution in [3.63, 3.8) is 0 Å². The second-order valence-electron chi connectivity index (χ2n) is 5.81. The van der Waals surface area contributed by atoms with Gasteiger partial charge in [-0.3, -0.25) is 19.3 Å². The smallest absolute Gasteiger partial charge is 0.334 e. The highest BCUT2D eigenvalue weighted by molar-refractivity contribution is 6.44. The zero-order valence-corrected chi connectivity index (χ0v) is 14.6. The summed E-state index contributed by atoms with van der Waals surface area (Å²) in [5.74, 6) is -2.38. The Hall–Kier alpha value is -2.90. The number of nitrogens with zero attached hydrogens (tertiary/aromatic N) is 3. The summed E-state index contributed by atoms with van der Waals surface area (Å²) in [5, 5.41) is 2.67. The highest BCUT2D eigenvalue weighted by Gasteiger charge is 2.42. The second-order valence-corrected chi connectivity index (χ2v) is 5.81. The summed E-state index contributed by atoms with van der Waals surface area (Å²) in [4.78, 5) is 50.2. The second kappa shape index (κ2) is 7.78. The lowest BCUT2D eigenvalue weighted by Crippen LogP contribution is -2.43. The highest BCUT2D eigenvalue weighted by atomic mass is 16.2. The number of anilines is 1. The van der Waals surface area contributed by atoms with Crippen molar-refractivity contribution in [3.05, 3.63) is 29.8 Å². The zero-order valence-electron chi connectivity index (χ0n) is 14.6. The van der Waals surface area contributed by atoms with E-state index < -0.39 is 30.3 Å². The summed E-state index contributed by atoms with van der Waals surface area (Å²) in [5.41, 5.74) is 2.22. The molecule has 1 saturated heterocycles. The third-order valence-corrected chi connectivity index (χ3v) is 4.00. The summed E-state index contributed by atoms with van der Waals surface area (Å²) in [6.45, 7) is 5.31. The van der Waals surface area contributed by atoms with Crippen LogP contribution in [0.3, 0.4) is 0 Å². The van der Waals surface area contributed by atoms with Gasteiger partial charge in [0.2, 0.25) is 5.91 Å². The third kappa shape index (κ3) is 4.14. The minimum atomic E-state index is -0.974. The Bertz CT molecular complexity index is 704. The summed E-state index contributed by atoms with van der Waals surface area (Å²) < 4.78 is 0. The minimum absolute atomic E-state index is 0.362. The van der Waals surface area contributed by atoms with Crippen LogP contribution in [0.15, 0.2) is 24.3 Å². The van der Waals surface area contributed by atoms with Crippen molar-refractivity contribution >= 4 is 29.4 Å².